The Balaban J connectivity index is 3.59. The van der Waals surface area contributed by atoms with Gasteiger partial charge >= 0.3 is 6.09 Å². The second kappa shape index (κ2) is 4.71. The summed E-state index contributed by atoms with van der Waals surface area (Å²) in [6.07, 6.45) is -0.879. The van der Waals surface area contributed by atoms with Crippen molar-refractivity contribution in [1.29, 1.82) is 0 Å². The molecule has 1 atom stereocenters. The Morgan fingerprint density at radius 2 is 2.50 bits per heavy atom. The van der Waals surface area contributed by atoms with Crippen molar-refractivity contribution in [2.75, 3.05) is 6.61 Å². The first-order valence-electron chi connectivity index (χ1n) is 2.47. The molecule has 0 aromatic heterocycles. The average Bonchev–Trinajstić information content (AvgIpc) is 1.86. The van der Waals surface area contributed by atoms with Gasteiger partial charge in [-0.25, -0.2) is 10.7 Å². The first-order valence-corrected chi connectivity index (χ1v) is 2.47. The molecule has 0 saturated heterocycles. The van der Waals surface area contributed by atoms with Gasteiger partial charge in [-0.3, -0.25) is 0 Å². The first kappa shape index (κ1) is 8.86. The summed E-state index contributed by atoms with van der Waals surface area (Å²) >= 11 is 0. The van der Waals surface area contributed by atoms with E-state index in [-0.39, 0.29) is 6.61 Å². The Hall–Kier alpha value is -1.14. The highest BCUT2D eigenvalue weighted by Crippen LogP contribution is 1.76. The lowest BCUT2D eigenvalue weighted by Gasteiger charge is -2.06. The summed E-state index contributed by atoms with van der Waals surface area (Å²) in [7, 11) is 0. The fourth-order valence-electron chi connectivity index (χ4n) is 0.377. The van der Waals surface area contributed by atoms with Gasteiger partial charge in [0, 0.05) is 0 Å². The summed E-state index contributed by atoms with van der Waals surface area (Å²) in [5.74, 6) is 4.59. The van der Waals surface area contributed by atoms with Crippen LogP contribution in [-0.4, -0.2) is 30.1 Å². The summed E-state index contributed by atoms with van der Waals surface area (Å²) in [5, 5.41) is 9.95. The molecule has 6 nitrogen and oxygen atoms in total. The van der Waals surface area contributed by atoms with Crippen LogP contribution in [0, 0.1) is 0 Å². The summed E-state index contributed by atoms with van der Waals surface area (Å²) in [4.78, 5) is 23.9. The number of carbonyl (C=O) groups excluding carboxylic acids is 1. The molecule has 1 amide bonds. The van der Waals surface area contributed by atoms with Crippen molar-refractivity contribution in [3.8, 4) is 0 Å². The van der Waals surface area contributed by atoms with Crippen molar-refractivity contribution >= 4 is 12.4 Å². The summed E-state index contributed by atoms with van der Waals surface area (Å²) in [6.45, 7) is -0.157. The van der Waals surface area contributed by atoms with Gasteiger partial charge in [-0.1, -0.05) is 0 Å². The van der Waals surface area contributed by atoms with Gasteiger partial charge in [-0.05, 0) is 0 Å². The third kappa shape index (κ3) is 3.81. The Morgan fingerprint density at radius 1 is 1.90 bits per heavy atom. The van der Waals surface area contributed by atoms with E-state index in [1.165, 1.54) is 0 Å². The lowest BCUT2D eigenvalue weighted by molar-refractivity contribution is -0.110. The Morgan fingerprint density at radius 3 is 2.80 bits per heavy atom. The summed E-state index contributed by atoms with van der Waals surface area (Å²) < 4.78 is 0. The zero-order chi connectivity index (χ0) is 7.98. The summed E-state index contributed by atoms with van der Waals surface area (Å²) in [6, 6.07) is -0.887. The number of rotatable bonds is 4. The van der Waals surface area contributed by atoms with E-state index < -0.39 is 12.1 Å². The van der Waals surface area contributed by atoms with Gasteiger partial charge in [0.2, 0.25) is 0 Å². The molecule has 1 unspecified atom stereocenters. The molecule has 58 valence electrons. The quantitative estimate of drug-likeness (QED) is 0.340. The maximum atomic E-state index is 9.97. The van der Waals surface area contributed by atoms with Gasteiger partial charge in [-0.2, -0.15) is 0 Å². The number of aldehydes is 1. The van der Waals surface area contributed by atoms with Gasteiger partial charge in [0.25, 0.3) is 0 Å². The molecule has 0 aliphatic rings. The van der Waals surface area contributed by atoms with E-state index in [4.69, 9.17) is 5.11 Å². The average molecular weight is 148 g/mol. The molecule has 0 radical (unpaired) electrons. The van der Waals surface area contributed by atoms with Crippen molar-refractivity contribution in [1.82, 2.24) is 5.32 Å². The van der Waals surface area contributed by atoms with E-state index in [1.807, 2.05) is 5.32 Å². The van der Waals surface area contributed by atoms with Gasteiger partial charge in [0.1, 0.15) is 12.3 Å². The number of nitrogens with two attached hydrogens (primary N) is 1. The molecule has 10 heavy (non-hydrogen) atoms. The number of nitrogens with one attached hydrogen (secondary N) is 1. The van der Waals surface area contributed by atoms with Crippen molar-refractivity contribution in [3.05, 3.63) is 0 Å². The van der Waals surface area contributed by atoms with Crippen molar-refractivity contribution in [2.45, 2.75) is 6.04 Å². The van der Waals surface area contributed by atoms with Gasteiger partial charge in [-0.15, -0.1) is 0 Å². The minimum absolute atomic E-state index is 0.157. The van der Waals surface area contributed by atoms with Crippen LogP contribution in [0.4, 0.5) is 4.79 Å². The maximum absolute atomic E-state index is 9.97. The van der Waals surface area contributed by atoms with Gasteiger partial charge in [0.15, 0.2) is 0 Å². The molecule has 0 aliphatic heterocycles. The molecule has 0 spiro atoms. The van der Waals surface area contributed by atoms with Crippen molar-refractivity contribution in [2.24, 2.45) is 5.90 Å². The molecule has 0 saturated carbocycles. The molecule has 6 heteroatoms. The van der Waals surface area contributed by atoms with E-state index in [1.54, 1.807) is 0 Å². The largest absolute Gasteiger partial charge is 0.465 e. The molecule has 0 rings (SSSR count). The fraction of sp³-hybridized carbons (Fsp3) is 0.500. The van der Waals surface area contributed by atoms with Gasteiger partial charge < -0.3 is 20.1 Å². The number of hydrogen-bond donors (Lipinski definition) is 3. The topological polar surface area (TPSA) is 102 Å². The second-order valence-corrected chi connectivity index (χ2v) is 1.53. The highest BCUT2D eigenvalue weighted by atomic mass is 16.6. The second-order valence-electron chi connectivity index (χ2n) is 1.53. The Bertz CT molecular complexity index is 126. The molecule has 0 aromatic carbocycles. The predicted molar refractivity (Wildman–Crippen MR) is 31.2 cm³/mol. The van der Waals surface area contributed by atoms with Crippen LogP contribution in [0.1, 0.15) is 0 Å². The lowest BCUT2D eigenvalue weighted by Crippen LogP contribution is -2.39. The molecule has 0 bridgehead atoms. The van der Waals surface area contributed by atoms with E-state index in [0.29, 0.717) is 6.29 Å². The molecule has 0 aliphatic carbocycles. The molecule has 0 aromatic rings. The smallest absolute Gasteiger partial charge is 0.405 e. The normalized spacial score (nSPS) is 12.1. The summed E-state index contributed by atoms with van der Waals surface area (Å²) in [5.41, 5.74) is 0. The highest BCUT2D eigenvalue weighted by molar-refractivity contribution is 5.71. The van der Waals surface area contributed by atoms with Crippen LogP contribution in [0.5, 0.6) is 0 Å². The molecular formula is C4H8N2O4. The number of hydrogen-bond acceptors (Lipinski definition) is 4. The Labute approximate surface area is 56.9 Å². The van der Waals surface area contributed by atoms with Crippen LogP contribution >= 0.6 is 0 Å². The third-order valence-corrected chi connectivity index (χ3v) is 0.749. The van der Waals surface area contributed by atoms with E-state index in [0.717, 1.165) is 0 Å². The number of carbonyl (C=O) groups is 2. The number of carboxylic acid groups (broad SMARTS) is 1. The predicted octanol–water partition coefficient (Wildman–Crippen LogP) is -1.29. The fourth-order valence-corrected chi connectivity index (χ4v) is 0.377. The highest BCUT2D eigenvalue weighted by Gasteiger charge is 2.08. The standard InChI is InChI=1S/C4H8N2O4/c5-10-2-3(1-7)6-4(8)9/h1,3,6H,2,5H2,(H,8,9). The zero-order valence-corrected chi connectivity index (χ0v) is 5.11. The number of amides is 1. The minimum atomic E-state index is -1.28. The lowest BCUT2D eigenvalue weighted by atomic mass is 10.4. The van der Waals surface area contributed by atoms with E-state index in [2.05, 4.69) is 10.7 Å². The molecule has 0 heterocycles. The maximum Gasteiger partial charge on any atom is 0.405 e. The van der Waals surface area contributed by atoms with Crippen LogP contribution in [-0.2, 0) is 9.63 Å². The van der Waals surface area contributed by atoms with Crippen LogP contribution in [0.2, 0.25) is 0 Å². The molecule has 0 fully saturated rings. The van der Waals surface area contributed by atoms with Gasteiger partial charge in [0.05, 0.1) is 6.61 Å². The molecular weight excluding hydrogens is 140 g/mol. The van der Waals surface area contributed by atoms with Crippen LogP contribution < -0.4 is 11.2 Å². The third-order valence-electron chi connectivity index (χ3n) is 0.749. The van der Waals surface area contributed by atoms with Crippen molar-refractivity contribution in [3.63, 3.8) is 0 Å². The van der Waals surface area contributed by atoms with Crippen LogP contribution in [0.3, 0.4) is 0 Å². The van der Waals surface area contributed by atoms with E-state index in [9.17, 15) is 9.59 Å². The van der Waals surface area contributed by atoms with Crippen LogP contribution in [0.25, 0.3) is 0 Å². The SMILES string of the molecule is NOCC(C=O)NC(=O)O. The monoisotopic (exact) mass is 148 g/mol. The Kier molecular flexibility index (Phi) is 4.17. The first-order chi connectivity index (χ1) is 4.70. The van der Waals surface area contributed by atoms with E-state index >= 15 is 0 Å². The zero-order valence-electron chi connectivity index (χ0n) is 5.11. The molecule has 4 N–H and O–H groups in total. The van der Waals surface area contributed by atoms with Crippen LogP contribution in [0.15, 0.2) is 0 Å². The van der Waals surface area contributed by atoms with Crippen molar-refractivity contribution < 1.29 is 19.5 Å². The minimum Gasteiger partial charge on any atom is -0.465 e.